The Labute approximate surface area is 144 Å². The van der Waals surface area contributed by atoms with Gasteiger partial charge in [-0.05, 0) is 18.8 Å². The van der Waals surface area contributed by atoms with E-state index in [4.69, 9.17) is 9.15 Å². The van der Waals surface area contributed by atoms with Gasteiger partial charge in [-0.3, -0.25) is 4.79 Å². The number of amides is 1. The van der Waals surface area contributed by atoms with Gasteiger partial charge in [0.15, 0.2) is 0 Å². The standard InChI is InChI=1S/C18H29N3O3/c1-13(2)17-8-19-18(24-17)11-21(14(3)22)16-4-6-20(10-16)9-15-5-7-23-12-15/h8,13,15-16H,4-7,9-12H2,1-3H3. The highest BCUT2D eigenvalue weighted by molar-refractivity contribution is 5.73. The van der Waals surface area contributed by atoms with E-state index in [9.17, 15) is 4.79 Å². The predicted octanol–water partition coefficient (Wildman–Crippen LogP) is 2.26. The summed E-state index contributed by atoms with van der Waals surface area (Å²) in [7, 11) is 0. The van der Waals surface area contributed by atoms with Crippen LogP contribution in [-0.2, 0) is 16.1 Å². The molecule has 2 saturated heterocycles. The molecule has 0 spiro atoms. The summed E-state index contributed by atoms with van der Waals surface area (Å²) in [6.07, 6.45) is 3.95. The molecule has 2 aliphatic heterocycles. The SMILES string of the molecule is CC(=O)N(Cc1ncc(C(C)C)o1)C1CCN(CC2CCOC2)C1. The monoisotopic (exact) mass is 335 g/mol. The number of aromatic nitrogens is 1. The quantitative estimate of drug-likeness (QED) is 0.798. The number of hydrogen-bond donors (Lipinski definition) is 0. The lowest BCUT2D eigenvalue weighted by molar-refractivity contribution is -0.132. The van der Waals surface area contributed by atoms with Gasteiger partial charge in [0.25, 0.3) is 0 Å². The maximum atomic E-state index is 12.1. The van der Waals surface area contributed by atoms with Gasteiger partial charge in [-0.25, -0.2) is 4.98 Å². The van der Waals surface area contributed by atoms with Crippen molar-refractivity contribution in [3.8, 4) is 0 Å². The number of likely N-dealkylation sites (tertiary alicyclic amines) is 1. The van der Waals surface area contributed by atoms with Crippen molar-refractivity contribution in [2.24, 2.45) is 5.92 Å². The molecule has 3 rings (SSSR count). The molecule has 0 N–H and O–H groups in total. The second-order valence-corrected chi connectivity index (χ2v) is 7.39. The van der Waals surface area contributed by atoms with Crippen molar-refractivity contribution in [3.05, 3.63) is 17.8 Å². The summed E-state index contributed by atoms with van der Waals surface area (Å²) in [5.74, 6) is 2.57. The molecule has 2 atom stereocenters. The molecule has 2 fully saturated rings. The van der Waals surface area contributed by atoms with Crippen molar-refractivity contribution in [2.75, 3.05) is 32.8 Å². The smallest absolute Gasteiger partial charge is 0.220 e. The third-order valence-electron chi connectivity index (χ3n) is 5.08. The van der Waals surface area contributed by atoms with Crippen LogP contribution in [0.2, 0.25) is 0 Å². The van der Waals surface area contributed by atoms with Crippen molar-refractivity contribution in [1.82, 2.24) is 14.8 Å². The van der Waals surface area contributed by atoms with Gasteiger partial charge in [0.05, 0.1) is 19.3 Å². The number of carbonyl (C=O) groups is 1. The van der Waals surface area contributed by atoms with Crippen LogP contribution in [0, 0.1) is 5.92 Å². The van der Waals surface area contributed by atoms with Gasteiger partial charge in [0, 0.05) is 45.1 Å². The first-order valence-corrected chi connectivity index (χ1v) is 9.05. The molecular weight excluding hydrogens is 306 g/mol. The third kappa shape index (κ3) is 4.16. The summed E-state index contributed by atoms with van der Waals surface area (Å²) < 4.78 is 11.3. The van der Waals surface area contributed by atoms with Gasteiger partial charge in [0.2, 0.25) is 11.8 Å². The highest BCUT2D eigenvalue weighted by Crippen LogP contribution is 2.23. The number of oxazole rings is 1. The van der Waals surface area contributed by atoms with Gasteiger partial charge in [-0.1, -0.05) is 13.8 Å². The minimum absolute atomic E-state index is 0.0929. The lowest BCUT2D eigenvalue weighted by Gasteiger charge is -2.27. The molecule has 1 aromatic rings. The number of hydrogen-bond acceptors (Lipinski definition) is 5. The zero-order chi connectivity index (χ0) is 17.1. The summed E-state index contributed by atoms with van der Waals surface area (Å²) in [4.78, 5) is 20.9. The van der Waals surface area contributed by atoms with Crippen LogP contribution in [0.1, 0.15) is 51.2 Å². The van der Waals surface area contributed by atoms with Gasteiger partial charge in [-0.15, -0.1) is 0 Å². The normalized spacial score (nSPS) is 24.8. The summed E-state index contributed by atoms with van der Waals surface area (Å²) in [5.41, 5.74) is 0. The molecule has 6 nitrogen and oxygen atoms in total. The van der Waals surface area contributed by atoms with Crippen LogP contribution in [0.25, 0.3) is 0 Å². The molecule has 1 aromatic heterocycles. The highest BCUT2D eigenvalue weighted by Gasteiger charge is 2.32. The van der Waals surface area contributed by atoms with Crippen LogP contribution in [0.5, 0.6) is 0 Å². The molecule has 0 aliphatic carbocycles. The zero-order valence-electron chi connectivity index (χ0n) is 15.0. The van der Waals surface area contributed by atoms with Crippen LogP contribution in [-0.4, -0.2) is 59.6 Å². The second-order valence-electron chi connectivity index (χ2n) is 7.39. The molecule has 3 heterocycles. The first kappa shape index (κ1) is 17.4. The van der Waals surface area contributed by atoms with E-state index in [1.165, 1.54) is 0 Å². The molecule has 0 aromatic carbocycles. The maximum Gasteiger partial charge on any atom is 0.220 e. The third-order valence-corrected chi connectivity index (χ3v) is 5.08. The molecule has 1 amide bonds. The van der Waals surface area contributed by atoms with E-state index in [-0.39, 0.29) is 11.9 Å². The Morgan fingerprint density at radius 2 is 2.29 bits per heavy atom. The van der Waals surface area contributed by atoms with E-state index in [1.54, 1.807) is 13.1 Å². The molecule has 0 bridgehead atoms. The Hall–Kier alpha value is -1.40. The maximum absolute atomic E-state index is 12.1. The van der Waals surface area contributed by atoms with Crippen LogP contribution < -0.4 is 0 Å². The Balaban J connectivity index is 1.58. The highest BCUT2D eigenvalue weighted by atomic mass is 16.5. The van der Waals surface area contributed by atoms with Gasteiger partial charge in [0.1, 0.15) is 5.76 Å². The van der Waals surface area contributed by atoms with E-state index < -0.39 is 0 Å². The first-order chi connectivity index (χ1) is 11.5. The summed E-state index contributed by atoms with van der Waals surface area (Å²) in [6.45, 7) is 11.1. The second kappa shape index (κ2) is 7.66. The van der Waals surface area contributed by atoms with Crippen molar-refractivity contribution in [2.45, 2.75) is 52.1 Å². The number of carbonyl (C=O) groups excluding carboxylic acids is 1. The fourth-order valence-electron chi connectivity index (χ4n) is 3.63. The summed E-state index contributed by atoms with van der Waals surface area (Å²) in [5, 5.41) is 0. The Kier molecular flexibility index (Phi) is 5.56. The number of rotatable bonds is 6. The lowest BCUT2D eigenvalue weighted by atomic mass is 10.1. The molecule has 134 valence electrons. The Morgan fingerprint density at radius 1 is 1.46 bits per heavy atom. The molecule has 2 unspecified atom stereocenters. The van der Waals surface area contributed by atoms with Crippen LogP contribution in [0.3, 0.4) is 0 Å². The van der Waals surface area contributed by atoms with Crippen molar-refractivity contribution >= 4 is 5.91 Å². The molecule has 6 heteroatoms. The minimum Gasteiger partial charge on any atom is -0.444 e. The van der Waals surface area contributed by atoms with Crippen LogP contribution in [0.4, 0.5) is 0 Å². The van der Waals surface area contributed by atoms with E-state index >= 15 is 0 Å². The number of nitrogens with zero attached hydrogens (tertiary/aromatic N) is 3. The van der Waals surface area contributed by atoms with Gasteiger partial charge in [-0.2, -0.15) is 0 Å². The molecule has 24 heavy (non-hydrogen) atoms. The lowest BCUT2D eigenvalue weighted by Crippen LogP contribution is -2.41. The van der Waals surface area contributed by atoms with Crippen molar-refractivity contribution < 1.29 is 13.9 Å². The van der Waals surface area contributed by atoms with E-state index in [1.807, 2.05) is 4.90 Å². The number of ether oxygens (including phenoxy) is 1. The Morgan fingerprint density at radius 3 is 2.92 bits per heavy atom. The Bertz CT molecular complexity index is 551. The molecule has 0 radical (unpaired) electrons. The van der Waals surface area contributed by atoms with E-state index in [0.29, 0.717) is 24.3 Å². The van der Waals surface area contributed by atoms with Gasteiger partial charge >= 0.3 is 0 Å². The van der Waals surface area contributed by atoms with Gasteiger partial charge < -0.3 is 19.0 Å². The minimum atomic E-state index is 0.0929. The topological polar surface area (TPSA) is 58.8 Å². The fourth-order valence-corrected chi connectivity index (χ4v) is 3.63. The molecular formula is C18H29N3O3. The van der Waals surface area contributed by atoms with E-state index in [2.05, 4.69) is 23.7 Å². The fraction of sp³-hybridized carbons (Fsp3) is 0.778. The predicted molar refractivity (Wildman–Crippen MR) is 90.6 cm³/mol. The zero-order valence-corrected chi connectivity index (χ0v) is 15.0. The average Bonchev–Trinajstić information content (AvgIpc) is 3.26. The van der Waals surface area contributed by atoms with E-state index in [0.717, 1.165) is 51.4 Å². The van der Waals surface area contributed by atoms with Crippen LogP contribution in [0.15, 0.2) is 10.6 Å². The van der Waals surface area contributed by atoms with Crippen LogP contribution >= 0.6 is 0 Å². The molecule has 2 aliphatic rings. The van der Waals surface area contributed by atoms with Crippen molar-refractivity contribution in [1.29, 1.82) is 0 Å². The first-order valence-electron chi connectivity index (χ1n) is 9.05. The summed E-state index contributed by atoms with van der Waals surface area (Å²) >= 11 is 0. The van der Waals surface area contributed by atoms with Crippen molar-refractivity contribution in [3.63, 3.8) is 0 Å². The molecule has 0 saturated carbocycles. The average molecular weight is 335 g/mol. The largest absolute Gasteiger partial charge is 0.444 e. The summed E-state index contributed by atoms with van der Waals surface area (Å²) in [6, 6.07) is 0.249.